The topological polar surface area (TPSA) is 120 Å². The molecule has 1 heterocycles. The Hall–Kier alpha value is -4.31. The SMILES string of the molecule is COc1ccc(COc2ccc(C(=O)NCc3nn[nH]n3)c(Cl)c2OCc2ccc(OC)cc2)cc1. The van der Waals surface area contributed by atoms with Crippen LogP contribution in [0.4, 0.5) is 0 Å². The zero-order valence-corrected chi connectivity index (χ0v) is 20.4. The number of carbonyl (C=O) groups is 1. The summed E-state index contributed by atoms with van der Waals surface area (Å²) in [6.07, 6.45) is 0. The van der Waals surface area contributed by atoms with Crippen LogP contribution in [0.25, 0.3) is 0 Å². The van der Waals surface area contributed by atoms with Crippen molar-refractivity contribution in [3.05, 3.63) is 88.2 Å². The largest absolute Gasteiger partial charge is 0.497 e. The van der Waals surface area contributed by atoms with Gasteiger partial charge in [0.15, 0.2) is 17.3 Å². The van der Waals surface area contributed by atoms with Crippen molar-refractivity contribution in [1.29, 1.82) is 0 Å². The lowest BCUT2D eigenvalue weighted by Crippen LogP contribution is -2.24. The van der Waals surface area contributed by atoms with E-state index in [1.165, 1.54) is 0 Å². The number of carbonyl (C=O) groups excluding carboxylic acids is 1. The Morgan fingerprint density at radius 3 is 2.06 bits per heavy atom. The zero-order valence-electron chi connectivity index (χ0n) is 19.7. The highest BCUT2D eigenvalue weighted by Crippen LogP contribution is 2.39. The number of H-pyrrole nitrogens is 1. The Kier molecular flexibility index (Phi) is 8.20. The van der Waals surface area contributed by atoms with E-state index in [9.17, 15) is 4.79 Å². The Balaban J connectivity index is 1.54. The van der Waals surface area contributed by atoms with E-state index in [1.807, 2.05) is 48.5 Å². The summed E-state index contributed by atoms with van der Waals surface area (Å²) in [6, 6.07) is 18.2. The second-order valence-electron chi connectivity index (χ2n) is 7.54. The average Bonchev–Trinajstić information content (AvgIpc) is 3.44. The fraction of sp³-hybridized carbons (Fsp3) is 0.200. The smallest absolute Gasteiger partial charge is 0.253 e. The molecule has 0 radical (unpaired) electrons. The van der Waals surface area contributed by atoms with Crippen LogP contribution in [-0.4, -0.2) is 40.8 Å². The number of aromatic nitrogens is 4. The molecule has 0 aliphatic heterocycles. The molecule has 0 bridgehead atoms. The molecule has 2 N–H and O–H groups in total. The number of ether oxygens (including phenoxy) is 4. The molecule has 0 saturated carbocycles. The van der Waals surface area contributed by atoms with Gasteiger partial charge >= 0.3 is 0 Å². The summed E-state index contributed by atoms with van der Waals surface area (Å²) in [5.74, 6) is 2.07. The van der Waals surface area contributed by atoms with E-state index < -0.39 is 5.91 Å². The van der Waals surface area contributed by atoms with E-state index in [1.54, 1.807) is 26.4 Å². The second-order valence-corrected chi connectivity index (χ2v) is 7.92. The highest BCUT2D eigenvalue weighted by atomic mass is 35.5. The number of hydrogen-bond acceptors (Lipinski definition) is 8. The third-order valence-electron chi connectivity index (χ3n) is 5.20. The molecule has 4 aromatic rings. The average molecular weight is 510 g/mol. The van der Waals surface area contributed by atoms with Crippen molar-refractivity contribution in [3.8, 4) is 23.0 Å². The lowest BCUT2D eigenvalue weighted by atomic mass is 10.1. The molecule has 0 atom stereocenters. The molecule has 3 aromatic carbocycles. The summed E-state index contributed by atoms with van der Waals surface area (Å²) in [7, 11) is 3.22. The molecule has 0 aliphatic carbocycles. The van der Waals surface area contributed by atoms with Crippen LogP contribution in [0.5, 0.6) is 23.0 Å². The number of nitrogens with one attached hydrogen (secondary N) is 2. The van der Waals surface area contributed by atoms with Gasteiger partial charge in [-0.1, -0.05) is 41.1 Å². The van der Waals surface area contributed by atoms with Crippen LogP contribution in [-0.2, 0) is 19.8 Å². The predicted octanol–water partition coefficient (Wildman–Crippen LogP) is 3.96. The van der Waals surface area contributed by atoms with E-state index in [0.717, 1.165) is 22.6 Å². The van der Waals surface area contributed by atoms with Crippen molar-refractivity contribution in [2.45, 2.75) is 19.8 Å². The number of aromatic amines is 1. The molecule has 0 fully saturated rings. The molecule has 0 saturated heterocycles. The number of rotatable bonds is 11. The van der Waals surface area contributed by atoms with E-state index in [2.05, 4.69) is 25.9 Å². The van der Waals surface area contributed by atoms with Gasteiger partial charge < -0.3 is 24.3 Å². The first kappa shape index (κ1) is 24.8. The van der Waals surface area contributed by atoms with Gasteiger partial charge in [-0.2, -0.15) is 5.21 Å². The molecule has 0 aliphatic rings. The summed E-state index contributed by atoms with van der Waals surface area (Å²) in [4.78, 5) is 12.8. The number of methoxy groups -OCH3 is 2. The van der Waals surface area contributed by atoms with Gasteiger partial charge in [-0.3, -0.25) is 4.79 Å². The fourth-order valence-electron chi connectivity index (χ4n) is 3.23. The van der Waals surface area contributed by atoms with Gasteiger partial charge in [-0.05, 0) is 47.5 Å². The number of hydrogen-bond donors (Lipinski definition) is 2. The Labute approximate surface area is 212 Å². The van der Waals surface area contributed by atoms with E-state index in [4.69, 9.17) is 30.5 Å². The van der Waals surface area contributed by atoms with E-state index in [-0.39, 0.29) is 36.1 Å². The summed E-state index contributed by atoms with van der Waals surface area (Å²) in [6.45, 7) is 0.558. The minimum Gasteiger partial charge on any atom is -0.497 e. The van der Waals surface area contributed by atoms with Gasteiger partial charge in [-0.25, -0.2) is 0 Å². The molecule has 186 valence electrons. The van der Waals surface area contributed by atoms with Gasteiger partial charge in [0.05, 0.1) is 31.4 Å². The second kappa shape index (κ2) is 11.9. The highest BCUT2D eigenvalue weighted by Gasteiger charge is 2.20. The lowest BCUT2D eigenvalue weighted by Gasteiger charge is -2.17. The molecule has 1 amide bonds. The summed E-state index contributed by atoms with van der Waals surface area (Å²) >= 11 is 6.65. The normalized spacial score (nSPS) is 10.5. The molecule has 36 heavy (non-hydrogen) atoms. The highest BCUT2D eigenvalue weighted by molar-refractivity contribution is 6.35. The van der Waals surface area contributed by atoms with Crippen LogP contribution in [0.1, 0.15) is 27.3 Å². The van der Waals surface area contributed by atoms with Crippen LogP contribution >= 0.6 is 11.6 Å². The third-order valence-corrected chi connectivity index (χ3v) is 5.57. The van der Waals surface area contributed by atoms with Crippen molar-refractivity contribution in [2.75, 3.05) is 14.2 Å². The Bertz CT molecular complexity index is 1280. The monoisotopic (exact) mass is 509 g/mol. The van der Waals surface area contributed by atoms with Crippen LogP contribution in [0.15, 0.2) is 60.7 Å². The zero-order chi connectivity index (χ0) is 25.3. The molecule has 0 spiro atoms. The van der Waals surface area contributed by atoms with Gasteiger partial charge in [0.1, 0.15) is 24.7 Å². The third kappa shape index (κ3) is 6.22. The quantitative estimate of drug-likeness (QED) is 0.312. The van der Waals surface area contributed by atoms with Crippen molar-refractivity contribution < 1.29 is 23.7 Å². The maximum atomic E-state index is 12.8. The molecule has 11 heteroatoms. The number of amides is 1. The summed E-state index contributed by atoms with van der Waals surface area (Å²) in [5.41, 5.74) is 2.04. The van der Waals surface area contributed by atoms with E-state index in [0.29, 0.717) is 11.6 Å². The number of nitrogens with zero attached hydrogens (tertiary/aromatic N) is 3. The molecular weight excluding hydrogens is 486 g/mol. The van der Waals surface area contributed by atoms with Crippen molar-refractivity contribution in [1.82, 2.24) is 25.9 Å². The molecule has 1 aromatic heterocycles. The first-order chi connectivity index (χ1) is 17.6. The van der Waals surface area contributed by atoms with Gasteiger partial charge in [0, 0.05) is 0 Å². The first-order valence-corrected chi connectivity index (χ1v) is 11.3. The van der Waals surface area contributed by atoms with Gasteiger partial charge in [-0.15, -0.1) is 10.2 Å². The van der Waals surface area contributed by atoms with Crippen LogP contribution in [0, 0.1) is 0 Å². The first-order valence-electron chi connectivity index (χ1n) is 10.9. The Morgan fingerprint density at radius 2 is 1.50 bits per heavy atom. The van der Waals surface area contributed by atoms with E-state index >= 15 is 0 Å². The number of halogens is 1. The number of tetrazole rings is 1. The Morgan fingerprint density at radius 1 is 0.889 bits per heavy atom. The van der Waals surface area contributed by atoms with Gasteiger partial charge in [0.25, 0.3) is 5.91 Å². The maximum absolute atomic E-state index is 12.8. The fourth-order valence-corrected chi connectivity index (χ4v) is 3.53. The summed E-state index contributed by atoms with van der Waals surface area (Å²) in [5, 5.41) is 16.3. The van der Waals surface area contributed by atoms with Gasteiger partial charge in [0.2, 0.25) is 0 Å². The minimum atomic E-state index is -0.416. The van der Waals surface area contributed by atoms with Crippen molar-refractivity contribution >= 4 is 17.5 Å². The maximum Gasteiger partial charge on any atom is 0.253 e. The van der Waals surface area contributed by atoms with Crippen molar-refractivity contribution in [3.63, 3.8) is 0 Å². The molecule has 0 unspecified atom stereocenters. The van der Waals surface area contributed by atoms with Crippen LogP contribution < -0.4 is 24.3 Å². The number of benzene rings is 3. The minimum absolute atomic E-state index is 0.0867. The van der Waals surface area contributed by atoms with Crippen LogP contribution in [0.3, 0.4) is 0 Å². The lowest BCUT2D eigenvalue weighted by molar-refractivity contribution is 0.0949. The predicted molar refractivity (Wildman–Crippen MR) is 131 cm³/mol. The molecular formula is C25H24ClN5O5. The molecule has 4 rings (SSSR count). The standard InChI is InChI=1S/C25H24ClN5O5/c1-33-18-7-3-16(4-8-18)14-35-21-12-11-20(25(32)27-13-22-28-30-31-29-22)23(26)24(21)36-15-17-5-9-19(34-2)10-6-17/h3-12H,13-15H2,1-2H3,(H,27,32)(H,28,29,30,31). The summed E-state index contributed by atoms with van der Waals surface area (Å²) < 4.78 is 22.5. The van der Waals surface area contributed by atoms with Crippen molar-refractivity contribution in [2.24, 2.45) is 0 Å². The van der Waals surface area contributed by atoms with Crippen LogP contribution in [0.2, 0.25) is 5.02 Å². The molecule has 10 nitrogen and oxygen atoms in total.